The van der Waals surface area contributed by atoms with E-state index in [0.29, 0.717) is 37.7 Å². The molecule has 4 N–H and O–H groups in total. The number of unbranched alkanes of at least 4 members (excludes halogenated alkanes) is 2. The minimum atomic E-state index is -1.09. The van der Waals surface area contributed by atoms with E-state index in [2.05, 4.69) is 13.8 Å². The van der Waals surface area contributed by atoms with Gasteiger partial charge in [-0.3, -0.25) is 9.59 Å². The Morgan fingerprint density at radius 1 is 0.917 bits per heavy atom. The maximum absolute atomic E-state index is 12.9. The Morgan fingerprint density at radius 2 is 1.65 bits per heavy atom. The number of carboxylic acid groups (broad SMARTS) is 3. The molecule has 11 nitrogen and oxygen atoms in total. The van der Waals surface area contributed by atoms with E-state index in [9.17, 15) is 29.4 Å². The second-order valence-electron chi connectivity index (χ2n) is 13.2. The Balaban J connectivity index is 2.32. The second kappa shape index (κ2) is 19.5. The van der Waals surface area contributed by atoms with Crippen LogP contribution in [0.2, 0.25) is 0 Å². The van der Waals surface area contributed by atoms with Crippen LogP contribution in [0.15, 0.2) is 59.8 Å². The first kappa shape index (κ1) is 40.6. The summed E-state index contributed by atoms with van der Waals surface area (Å²) in [5.41, 5.74) is 0.317. The number of aliphatic hydroxyl groups excluding tert-OH is 1. The minimum Gasteiger partial charge on any atom is -0.481 e. The second-order valence-corrected chi connectivity index (χ2v) is 13.2. The first-order valence-corrected chi connectivity index (χ1v) is 16.9. The van der Waals surface area contributed by atoms with Crippen LogP contribution in [-0.2, 0) is 33.4 Å². The molecule has 0 aliphatic carbocycles. The van der Waals surface area contributed by atoms with Gasteiger partial charge in [-0.2, -0.15) is 0 Å². The lowest BCUT2D eigenvalue weighted by atomic mass is 9.78. The van der Waals surface area contributed by atoms with Gasteiger partial charge < -0.3 is 34.6 Å². The van der Waals surface area contributed by atoms with Crippen molar-refractivity contribution in [1.29, 1.82) is 0 Å². The van der Waals surface area contributed by atoms with Crippen LogP contribution >= 0.6 is 0 Å². The lowest BCUT2D eigenvalue weighted by Crippen LogP contribution is -2.59. The number of rotatable bonds is 18. The number of carbonyl (C=O) groups excluding carboxylic acids is 1. The smallest absolute Gasteiger partial charge is 0.328 e. The lowest BCUT2D eigenvalue weighted by Gasteiger charge is -2.53. The maximum Gasteiger partial charge on any atom is 0.328 e. The molecule has 0 aromatic heterocycles. The van der Waals surface area contributed by atoms with E-state index in [4.69, 9.17) is 24.4 Å². The lowest BCUT2D eigenvalue weighted by molar-refractivity contribution is -0.344. The number of esters is 1. The van der Waals surface area contributed by atoms with E-state index in [-0.39, 0.29) is 30.8 Å². The average Bonchev–Trinajstić information content (AvgIpc) is 3.02. The molecule has 7 atom stereocenters. The molecule has 2 saturated heterocycles. The summed E-state index contributed by atoms with van der Waals surface area (Å²) in [6.07, 6.45) is 16.0. The number of hydrogen-bond donors (Lipinski definition) is 4. The van der Waals surface area contributed by atoms with Gasteiger partial charge in [-0.05, 0) is 57.4 Å². The Morgan fingerprint density at radius 3 is 2.29 bits per heavy atom. The van der Waals surface area contributed by atoms with Crippen molar-refractivity contribution in [2.45, 2.75) is 135 Å². The van der Waals surface area contributed by atoms with Gasteiger partial charge >= 0.3 is 23.9 Å². The summed E-state index contributed by atoms with van der Waals surface area (Å²) in [5, 5.41) is 37.6. The summed E-state index contributed by atoms with van der Waals surface area (Å²) in [6, 6.07) is 0. The highest BCUT2D eigenvalue weighted by atomic mass is 16.7. The summed E-state index contributed by atoms with van der Waals surface area (Å²) >= 11 is 0. The summed E-state index contributed by atoms with van der Waals surface area (Å²) in [4.78, 5) is 46.2. The summed E-state index contributed by atoms with van der Waals surface area (Å²) in [5.74, 6) is -4.97. The summed E-state index contributed by atoms with van der Waals surface area (Å²) < 4.78 is 19.6. The fourth-order valence-electron chi connectivity index (χ4n) is 6.01. The van der Waals surface area contributed by atoms with Crippen LogP contribution in [0.1, 0.15) is 105 Å². The standard InChI is InChI=1S/C37H54O11/c1-6-7-8-20-36(48-35(45)18-17-33(41)42)22-23-37(47-31(36)15-11-26(3)24-34(43)44)21-19-28(5)30(46-37)14-10-25(2)9-13-29(38)27(4)12-16-32(39)40/h9-13,15-16,24,27-31,38H,6-8,14,17-23H2,1-5H3,(H,39,40)(H,41,42)(H,43,44)/b13-9+,15-11+,16-12+,25-10+,26-24+/t27-,28-,29-,30+,31-,36+,37-/m0/s1. The third kappa shape index (κ3) is 13.5. The molecule has 48 heavy (non-hydrogen) atoms. The largest absolute Gasteiger partial charge is 0.481 e. The van der Waals surface area contributed by atoms with Crippen molar-refractivity contribution < 1.29 is 53.8 Å². The third-order valence-electron chi connectivity index (χ3n) is 9.03. The molecule has 11 heteroatoms. The number of carbonyl (C=O) groups is 4. The van der Waals surface area contributed by atoms with E-state index in [1.54, 1.807) is 38.2 Å². The molecule has 2 heterocycles. The van der Waals surface area contributed by atoms with Gasteiger partial charge in [-0.15, -0.1) is 0 Å². The van der Waals surface area contributed by atoms with Crippen LogP contribution in [0.3, 0.4) is 0 Å². The zero-order valence-corrected chi connectivity index (χ0v) is 28.9. The first-order chi connectivity index (χ1) is 22.6. The normalized spacial score (nSPS) is 28.2. The first-order valence-electron chi connectivity index (χ1n) is 16.9. The van der Waals surface area contributed by atoms with Gasteiger partial charge in [0.1, 0.15) is 11.7 Å². The quantitative estimate of drug-likeness (QED) is 0.0539. The van der Waals surface area contributed by atoms with Gasteiger partial charge in [-0.1, -0.05) is 75.6 Å². The highest BCUT2D eigenvalue weighted by molar-refractivity contribution is 5.81. The summed E-state index contributed by atoms with van der Waals surface area (Å²) in [7, 11) is 0. The van der Waals surface area contributed by atoms with Crippen LogP contribution < -0.4 is 0 Å². The number of aliphatic carboxylic acids is 3. The van der Waals surface area contributed by atoms with Crippen molar-refractivity contribution in [2.75, 3.05) is 0 Å². The van der Waals surface area contributed by atoms with E-state index < -0.39 is 47.5 Å². The molecule has 2 aliphatic heterocycles. The molecule has 0 amide bonds. The van der Waals surface area contributed by atoms with Crippen molar-refractivity contribution in [2.24, 2.45) is 11.8 Å². The van der Waals surface area contributed by atoms with Crippen molar-refractivity contribution in [1.82, 2.24) is 0 Å². The van der Waals surface area contributed by atoms with Crippen molar-refractivity contribution in [3.05, 3.63) is 59.8 Å². The fraction of sp³-hybridized carbons (Fsp3) is 0.622. The highest BCUT2D eigenvalue weighted by Gasteiger charge is 2.54. The monoisotopic (exact) mass is 674 g/mol. The number of aliphatic hydroxyl groups is 1. The van der Waals surface area contributed by atoms with E-state index in [0.717, 1.165) is 43.4 Å². The van der Waals surface area contributed by atoms with Crippen molar-refractivity contribution in [3.63, 3.8) is 0 Å². The van der Waals surface area contributed by atoms with Crippen LogP contribution in [-0.4, -0.2) is 74.0 Å². The molecular weight excluding hydrogens is 620 g/mol. The number of allylic oxidation sites excluding steroid dienone is 4. The van der Waals surface area contributed by atoms with Gasteiger partial charge in [-0.25, -0.2) is 9.59 Å². The molecule has 2 rings (SSSR count). The number of carboxylic acids is 3. The van der Waals surface area contributed by atoms with Gasteiger partial charge in [0.05, 0.1) is 25.0 Å². The fourth-order valence-corrected chi connectivity index (χ4v) is 6.01. The predicted molar refractivity (Wildman–Crippen MR) is 180 cm³/mol. The minimum absolute atomic E-state index is 0.187. The van der Waals surface area contributed by atoms with E-state index >= 15 is 0 Å². The van der Waals surface area contributed by atoms with Gasteiger partial charge in [0.25, 0.3) is 0 Å². The SMILES string of the molecule is CCCCC[C@@]1(OC(=O)CCC(=O)O)CC[C@]2(CC[C@H](C)[C@@H](C/C=C(C)/C=C/[C@H](O)[C@@H](C)/C=C/C(=O)O)O2)O[C@H]1/C=C/C(C)=C/C(=O)O. The number of hydrogen-bond acceptors (Lipinski definition) is 8. The van der Waals surface area contributed by atoms with Crippen LogP contribution in [0.4, 0.5) is 0 Å². The molecule has 2 aliphatic rings. The topological polar surface area (TPSA) is 177 Å². The predicted octanol–water partition coefficient (Wildman–Crippen LogP) is 6.52. The zero-order chi connectivity index (χ0) is 35.9. The van der Waals surface area contributed by atoms with Gasteiger partial charge in [0, 0.05) is 30.9 Å². The Bertz CT molecular complexity index is 1260. The molecule has 0 saturated carbocycles. The molecule has 268 valence electrons. The van der Waals surface area contributed by atoms with E-state index in [1.165, 1.54) is 6.08 Å². The molecule has 0 unspecified atom stereocenters. The molecular formula is C37H54O11. The highest BCUT2D eigenvalue weighted by Crippen LogP contribution is 2.48. The average molecular weight is 675 g/mol. The van der Waals surface area contributed by atoms with Crippen LogP contribution in [0, 0.1) is 11.8 Å². The summed E-state index contributed by atoms with van der Waals surface area (Å²) in [6.45, 7) is 9.50. The van der Waals surface area contributed by atoms with Crippen molar-refractivity contribution in [3.8, 4) is 0 Å². The Hall–Kier alpha value is -3.54. The van der Waals surface area contributed by atoms with Gasteiger partial charge in [0.15, 0.2) is 5.79 Å². The third-order valence-corrected chi connectivity index (χ3v) is 9.03. The molecule has 0 aromatic rings. The zero-order valence-electron chi connectivity index (χ0n) is 28.9. The molecule has 1 spiro atoms. The molecule has 2 fully saturated rings. The Kier molecular flexibility index (Phi) is 16.5. The molecule has 0 bridgehead atoms. The van der Waals surface area contributed by atoms with E-state index in [1.807, 2.05) is 13.0 Å². The van der Waals surface area contributed by atoms with Crippen LogP contribution in [0.5, 0.6) is 0 Å². The maximum atomic E-state index is 12.9. The van der Waals surface area contributed by atoms with Gasteiger partial charge in [0.2, 0.25) is 0 Å². The molecule has 0 radical (unpaired) electrons. The number of ether oxygens (including phenoxy) is 3. The van der Waals surface area contributed by atoms with Crippen LogP contribution in [0.25, 0.3) is 0 Å². The van der Waals surface area contributed by atoms with Crippen molar-refractivity contribution >= 4 is 23.9 Å². The molecule has 0 aromatic carbocycles. The Labute approximate surface area is 284 Å².